The average Bonchev–Trinajstić information content (AvgIpc) is 2.26. The van der Waals surface area contributed by atoms with E-state index < -0.39 is 4.92 Å². The SMILES string of the molecule is COc1c(C(=O)N(C)C)cc(C)cc1[N+](=O)[O-]. The lowest BCUT2D eigenvalue weighted by Crippen LogP contribution is -2.22. The summed E-state index contributed by atoms with van der Waals surface area (Å²) >= 11 is 0. The molecule has 92 valence electrons. The number of nitro benzene ring substituents is 1. The third-order valence-electron chi connectivity index (χ3n) is 2.25. The maximum Gasteiger partial charge on any atom is 0.312 e. The van der Waals surface area contributed by atoms with Crippen LogP contribution in [0.15, 0.2) is 12.1 Å². The molecule has 1 amide bonds. The molecule has 1 rings (SSSR count). The molecular formula is C11H14N2O4. The fourth-order valence-corrected chi connectivity index (χ4v) is 1.50. The summed E-state index contributed by atoms with van der Waals surface area (Å²) in [6.07, 6.45) is 0. The lowest BCUT2D eigenvalue weighted by molar-refractivity contribution is -0.385. The second-order valence-electron chi connectivity index (χ2n) is 3.82. The number of methoxy groups -OCH3 is 1. The van der Waals surface area contributed by atoms with Crippen LogP contribution in [0, 0.1) is 17.0 Å². The Balaban J connectivity index is 3.48. The van der Waals surface area contributed by atoms with Gasteiger partial charge in [0.05, 0.1) is 17.6 Å². The predicted octanol–water partition coefficient (Wildman–Crippen LogP) is 1.61. The summed E-state index contributed by atoms with van der Waals surface area (Å²) in [6, 6.07) is 2.96. The highest BCUT2D eigenvalue weighted by Crippen LogP contribution is 2.32. The van der Waals surface area contributed by atoms with Crippen LogP contribution in [-0.4, -0.2) is 36.9 Å². The van der Waals surface area contributed by atoms with E-state index in [1.807, 2.05) is 0 Å². The van der Waals surface area contributed by atoms with Crippen LogP contribution in [0.5, 0.6) is 5.75 Å². The number of carbonyl (C=O) groups excluding carboxylic acids is 1. The van der Waals surface area contributed by atoms with Gasteiger partial charge < -0.3 is 9.64 Å². The Morgan fingerprint density at radius 3 is 2.41 bits per heavy atom. The van der Waals surface area contributed by atoms with E-state index in [0.29, 0.717) is 5.56 Å². The van der Waals surface area contributed by atoms with Crippen LogP contribution in [0.1, 0.15) is 15.9 Å². The highest BCUT2D eigenvalue weighted by Gasteiger charge is 2.24. The first-order chi connectivity index (χ1) is 7.88. The van der Waals surface area contributed by atoms with Gasteiger partial charge in [0.1, 0.15) is 0 Å². The van der Waals surface area contributed by atoms with E-state index in [4.69, 9.17) is 4.74 Å². The van der Waals surface area contributed by atoms with E-state index in [9.17, 15) is 14.9 Å². The molecule has 1 aromatic rings. The highest BCUT2D eigenvalue weighted by atomic mass is 16.6. The van der Waals surface area contributed by atoms with E-state index >= 15 is 0 Å². The zero-order valence-electron chi connectivity index (χ0n) is 10.2. The van der Waals surface area contributed by atoms with Gasteiger partial charge in [-0.3, -0.25) is 14.9 Å². The summed E-state index contributed by atoms with van der Waals surface area (Å²) in [5.41, 5.74) is 0.643. The summed E-state index contributed by atoms with van der Waals surface area (Å²) in [4.78, 5) is 23.5. The van der Waals surface area contributed by atoms with Crippen molar-refractivity contribution >= 4 is 11.6 Å². The Morgan fingerprint density at radius 1 is 1.41 bits per heavy atom. The Kier molecular flexibility index (Phi) is 3.67. The van der Waals surface area contributed by atoms with Crippen molar-refractivity contribution in [3.8, 4) is 5.75 Å². The molecule has 0 heterocycles. The number of aryl methyl sites for hydroxylation is 1. The largest absolute Gasteiger partial charge is 0.490 e. The molecule has 0 spiro atoms. The molecule has 0 fully saturated rings. The zero-order valence-corrected chi connectivity index (χ0v) is 10.2. The van der Waals surface area contributed by atoms with Crippen molar-refractivity contribution in [3.05, 3.63) is 33.4 Å². The highest BCUT2D eigenvalue weighted by molar-refractivity contribution is 5.98. The van der Waals surface area contributed by atoms with Gasteiger partial charge in [-0.15, -0.1) is 0 Å². The predicted molar refractivity (Wildman–Crippen MR) is 62.4 cm³/mol. The lowest BCUT2D eigenvalue weighted by atomic mass is 10.1. The molecule has 0 atom stereocenters. The Labute approximate surface area is 98.9 Å². The third-order valence-corrected chi connectivity index (χ3v) is 2.25. The van der Waals surface area contributed by atoms with Crippen LogP contribution in [0.3, 0.4) is 0 Å². The number of hydrogen-bond acceptors (Lipinski definition) is 4. The number of nitrogens with zero attached hydrogens (tertiary/aromatic N) is 2. The number of ether oxygens (including phenoxy) is 1. The van der Waals surface area contributed by atoms with Gasteiger partial charge in [-0.25, -0.2) is 0 Å². The van der Waals surface area contributed by atoms with E-state index in [-0.39, 0.29) is 22.9 Å². The van der Waals surface area contributed by atoms with Crippen molar-refractivity contribution in [2.24, 2.45) is 0 Å². The summed E-state index contributed by atoms with van der Waals surface area (Å²) in [5.74, 6) is -0.326. The van der Waals surface area contributed by atoms with Gasteiger partial charge in [0, 0.05) is 20.2 Å². The molecule has 0 aliphatic rings. The van der Waals surface area contributed by atoms with Crippen molar-refractivity contribution in [1.29, 1.82) is 0 Å². The minimum Gasteiger partial charge on any atom is -0.490 e. The molecule has 0 bridgehead atoms. The Bertz CT molecular complexity index is 469. The molecule has 0 saturated heterocycles. The number of hydrogen-bond donors (Lipinski definition) is 0. The van der Waals surface area contributed by atoms with Crippen LogP contribution in [0.25, 0.3) is 0 Å². The van der Waals surface area contributed by atoms with Crippen LogP contribution in [-0.2, 0) is 0 Å². The quantitative estimate of drug-likeness (QED) is 0.592. The van der Waals surface area contributed by atoms with Crippen LogP contribution in [0.2, 0.25) is 0 Å². The first-order valence-corrected chi connectivity index (χ1v) is 4.93. The van der Waals surface area contributed by atoms with Gasteiger partial charge >= 0.3 is 5.69 Å². The van der Waals surface area contributed by atoms with E-state index in [1.165, 1.54) is 18.1 Å². The third kappa shape index (κ3) is 2.52. The van der Waals surface area contributed by atoms with Crippen molar-refractivity contribution in [2.75, 3.05) is 21.2 Å². The fourth-order valence-electron chi connectivity index (χ4n) is 1.50. The standard InChI is InChI=1S/C11H14N2O4/c1-7-5-8(11(14)12(2)3)10(17-4)9(6-7)13(15)16/h5-6H,1-4H3. The Hall–Kier alpha value is -2.11. The van der Waals surface area contributed by atoms with Gasteiger partial charge in [-0.05, 0) is 18.6 Å². The van der Waals surface area contributed by atoms with Crippen molar-refractivity contribution in [2.45, 2.75) is 6.92 Å². The molecule has 0 N–H and O–H groups in total. The van der Waals surface area contributed by atoms with E-state index in [2.05, 4.69) is 0 Å². The fraction of sp³-hybridized carbons (Fsp3) is 0.364. The summed E-state index contributed by atoms with van der Waals surface area (Å²) in [7, 11) is 4.47. The first-order valence-electron chi connectivity index (χ1n) is 4.93. The average molecular weight is 238 g/mol. The number of amides is 1. The van der Waals surface area contributed by atoms with Gasteiger partial charge in [-0.1, -0.05) is 0 Å². The zero-order chi connectivity index (χ0) is 13.2. The van der Waals surface area contributed by atoms with Crippen LogP contribution < -0.4 is 4.74 Å². The van der Waals surface area contributed by atoms with Crippen molar-refractivity contribution in [3.63, 3.8) is 0 Å². The number of rotatable bonds is 3. The maximum atomic E-state index is 11.9. The van der Waals surface area contributed by atoms with E-state index in [1.54, 1.807) is 27.1 Å². The Morgan fingerprint density at radius 2 is 2.00 bits per heavy atom. The smallest absolute Gasteiger partial charge is 0.312 e. The van der Waals surface area contributed by atoms with Crippen molar-refractivity contribution < 1.29 is 14.5 Å². The van der Waals surface area contributed by atoms with Gasteiger partial charge in [0.25, 0.3) is 5.91 Å². The minimum atomic E-state index is -0.557. The lowest BCUT2D eigenvalue weighted by Gasteiger charge is -2.14. The molecule has 17 heavy (non-hydrogen) atoms. The number of nitro groups is 1. The van der Waals surface area contributed by atoms with Gasteiger partial charge in [-0.2, -0.15) is 0 Å². The molecule has 0 aliphatic heterocycles. The summed E-state index contributed by atoms with van der Waals surface area (Å²) in [6.45, 7) is 1.69. The van der Waals surface area contributed by atoms with Crippen LogP contribution >= 0.6 is 0 Å². The molecule has 0 radical (unpaired) electrons. The molecular weight excluding hydrogens is 224 g/mol. The molecule has 6 heteroatoms. The first kappa shape index (κ1) is 13.0. The number of carbonyl (C=O) groups is 1. The maximum absolute atomic E-state index is 11.9. The molecule has 0 saturated carbocycles. The topological polar surface area (TPSA) is 72.7 Å². The second kappa shape index (κ2) is 4.82. The molecule has 0 aliphatic carbocycles. The number of benzene rings is 1. The van der Waals surface area contributed by atoms with Crippen LogP contribution in [0.4, 0.5) is 5.69 Å². The summed E-state index contributed by atoms with van der Waals surface area (Å²) in [5, 5.41) is 10.9. The second-order valence-corrected chi connectivity index (χ2v) is 3.82. The normalized spacial score (nSPS) is 9.88. The van der Waals surface area contributed by atoms with Gasteiger partial charge in [0.15, 0.2) is 0 Å². The molecule has 1 aromatic carbocycles. The molecule has 6 nitrogen and oxygen atoms in total. The monoisotopic (exact) mass is 238 g/mol. The molecule has 0 aromatic heterocycles. The summed E-state index contributed by atoms with van der Waals surface area (Å²) < 4.78 is 4.97. The minimum absolute atomic E-state index is 0.000648. The van der Waals surface area contributed by atoms with Crippen molar-refractivity contribution in [1.82, 2.24) is 4.90 Å². The van der Waals surface area contributed by atoms with E-state index in [0.717, 1.165) is 0 Å². The molecule has 0 unspecified atom stereocenters. The van der Waals surface area contributed by atoms with Gasteiger partial charge in [0.2, 0.25) is 5.75 Å².